The van der Waals surface area contributed by atoms with Crippen LogP contribution in [0.4, 0.5) is 23.5 Å². The van der Waals surface area contributed by atoms with Crippen LogP contribution in [0.5, 0.6) is 0 Å². The van der Waals surface area contributed by atoms with E-state index in [-0.39, 0.29) is 28.5 Å². The Balaban J connectivity index is 1.61. The number of hydrogen-bond acceptors (Lipinski definition) is 8. The number of hydrogen-bond donors (Lipinski definition) is 1. The van der Waals surface area contributed by atoms with Crippen molar-refractivity contribution in [2.45, 2.75) is 31.0 Å². The van der Waals surface area contributed by atoms with Crippen molar-refractivity contribution in [2.24, 2.45) is 0 Å². The summed E-state index contributed by atoms with van der Waals surface area (Å²) < 4.78 is 57.6. The highest BCUT2D eigenvalue weighted by Crippen LogP contribution is 2.43. The highest BCUT2D eigenvalue weighted by atomic mass is 32.2. The summed E-state index contributed by atoms with van der Waals surface area (Å²) in [5.74, 6) is -0.816. The number of nitrogens with one attached hydrogen (secondary N) is 1. The summed E-state index contributed by atoms with van der Waals surface area (Å²) in [6.45, 7) is 3.05. The molecule has 164 valence electrons. The maximum atomic E-state index is 14.5. The van der Waals surface area contributed by atoms with Gasteiger partial charge in [0.2, 0.25) is 5.95 Å². The second-order valence-corrected chi connectivity index (χ2v) is 9.48. The lowest BCUT2D eigenvalue weighted by molar-refractivity contribution is -0.140. The Morgan fingerprint density at radius 1 is 1.20 bits per heavy atom. The largest absolute Gasteiger partial charge is 0.434 e. The molecule has 0 aliphatic carbocycles. The summed E-state index contributed by atoms with van der Waals surface area (Å²) in [6.07, 6.45) is -0.0325. The highest BCUT2D eigenvalue weighted by Gasteiger charge is 2.41. The third-order valence-electron chi connectivity index (χ3n) is 5.33. The molecule has 0 unspecified atom stereocenters. The summed E-state index contributed by atoms with van der Waals surface area (Å²) in [5.41, 5.74) is -1.42. The second kappa shape index (κ2) is 8.56. The SMILES string of the molecule is CSN1CCC(Nc2ncc(F)c(-c3sc(C4CN(C)C4)nc3C(F)(F)F)n2)CC1. The average molecular weight is 463 g/mol. The van der Waals surface area contributed by atoms with Gasteiger partial charge in [-0.15, -0.1) is 11.3 Å². The van der Waals surface area contributed by atoms with E-state index in [4.69, 9.17) is 0 Å². The van der Waals surface area contributed by atoms with E-state index in [1.54, 1.807) is 11.9 Å². The molecule has 4 rings (SSSR count). The highest BCUT2D eigenvalue weighted by molar-refractivity contribution is 7.96. The van der Waals surface area contributed by atoms with Crippen LogP contribution < -0.4 is 5.32 Å². The van der Waals surface area contributed by atoms with Gasteiger partial charge in [0.05, 0.1) is 16.1 Å². The molecule has 2 aliphatic rings. The molecule has 0 atom stereocenters. The van der Waals surface area contributed by atoms with E-state index < -0.39 is 17.7 Å². The minimum Gasteiger partial charge on any atom is -0.351 e. The molecule has 4 heterocycles. The lowest BCUT2D eigenvalue weighted by Crippen LogP contribution is -2.41. The van der Waals surface area contributed by atoms with Gasteiger partial charge in [0, 0.05) is 38.1 Å². The number of piperidine rings is 1. The summed E-state index contributed by atoms with van der Waals surface area (Å²) in [7, 11) is 1.89. The van der Waals surface area contributed by atoms with E-state index in [1.807, 2.05) is 18.2 Å². The molecule has 0 aromatic carbocycles. The minimum atomic E-state index is -4.69. The number of rotatable bonds is 5. The van der Waals surface area contributed by atoms with Crippen LogP contribution in [0.3, 0.4) is 0 Å². The van der Waals surface area contributed by atoms with E-state index in [0.29, 0.717) is 18.1 Å². The van der Waals surface area contributed by atoms with Crippen LogP contribution in [0.15, 0.2) is 6.20 Å². The zero-order valence-corrected chi connectivity index (χ0v) is 18.2. The molecular formula is C18H22F4N6S2. The van der Waals surface area contributed by atoms with Gasteiger partial charge in [0.15, 0.2) is 11.5 Å². The smallest absolute Gasteiger partial charge is 0.351 e. The predicted octanol–water partition coefficient (Wildman–Crippen LogP) is 3.94. The molecule has 0 spiro atoms. The number of likely N-dealkylation sites (N-methyl/N-ethyl adjacent to an activating group) is 1. The molecule has 2 aliphatic heterocycles. The summed E-state index contributed by atoms with van der Waals surface area (Å²) in [4.78, 5) is 13.6. The number of likely N-dealkylation sites (tertiary alicyclic amines) is 1. The Kier molecular flexibility index (Phi) is 6.20. The third-order valence-corrected chi connectivity index (χ3v) is 7.44. The maximum Gasteiger partial charge on any atom is 0.434 e. The normalized spacial score (nSPS) is 19.8. The number of nitrogens with zero attached hydrogens (tertiary/aromatic N) is 5. The average Bonchev–Trinajstić information content (AvgIpc) is 3.13. The van der Waals surface area contributed by atoms with E-state index in [2.05, 4.69) is 24.6 Å². The maximum absolute atomic E-state index is 14.5. The van der Waals surface area contributed by atoms with Gasteiger partial charge in [0.1, 0.15) is 5.69 Å². The molecule has 12 heteroatoms. The monoisotopic (exact) mass is 462 g/mol. The second-order valence-electron chi connectivity index (χ2n) is 7.57. The van der Waals surface area contributed by atoms with Crippen LogP contribution in [-0.2, 0) is 6.18 Å². The lowest BCUT2D eigenvalue weighted by atomic mass is 10.0. The van der Waals surface area contributed by atoms with Crippen LogP contribution in [-0.4, -0.2) is 69.7 Å². The molecule has 30 heavy (non-hydrogen) atoms. The lowest BCUT2D eigenvalue weighted by Gasteiger charge is -2.34. The van der Waals surface area contributed by atoms with Crippen molar-refractivity contribution < 1.29 is 17.6 Å². The van der Waals surface area contributed by atoms with Crippen LogP contribution in [0.25, 0.3) is 10.6 Å². The molecule has 0 bridgehead atoms. The van der Waals surface area contributed by atoms with Crippen molar-refractivity contribution in [1.29, 1.82) is 0 Å². The van der Waals surface area contributed by atoms with Crippen molar-refractivity contribution >= 4 is 29.2 Å². The van der Waals surface area contributed by atoms with Crippen LogP contribution in [0.1, 0.15) is 29.5 Å². The topological polar surface area (TPSA) is 57.2 Å². The first-order chi connectivity index (χ1) is 14.2. The van der Waals surface area contributed by atoms with E-state index >= 15 is 0 Å². The summed E-state index contributed by atoms with van der Waals surface area (Å²) in [5, 5.41) is 3.52. The minimum absolute atomic E-state index is 0.0704. The van der Waals surface area contributed by atoms with Gasteiger partial charge in [-0.3, -0.25) is 4.31 Å². The first-order valence-electron chi connectivity index (χ1n) is 9.59. The van der Waals surface area contributed by atoms with Crippen molar-refractivity contribution in [3.05, 3.63) is 22.7 Å². The van der Waals surface area contributed by atoms with Crippen LogP contribution in [0.2, 0.25) is 0 Å². The fourth-order valence-electron chi connectivity index (χ4n) is 3.68. The number of halogens is 4. The van der Waals surface area contributed by atoms with E-state index in [0.717, 1.165) is 43.5 Å². The van der Waals surface area contributed by atoms with Crippen molar-refractivity contribution in [3.8, 4) is 10.6 Å². The van der Waals surface area contributed by atoms with Gasteiger partial charge in [-0.25, -0.2) is 19.3 Å². The van der Waals surface area contributed by atoms with Gasteiger partial charge in [0.25, 0.3) is 0 Å². The predicted molar refractivity (Wildman–Crippen MR) is 110 cm³/mol. The fraction of sp³-hybridized carbons (Fsp3) is 0.611. The van der Waals surface area contributed by atoms with E-state index in [1.165, 1.54) is 0 Å². The Bertz CT molecular complexity index is 891. The molecule has 2 aromatic heterocycles. The number of aromatic nitrogens is 3. The van der Waals surface area contributed by atoms with E-state index in [9.17, 15) is 17.6 Å². The van der Waals surface area contributed by atoms with Crippen molar-refractivity contribution in [1.82, 2.24) is 24.2 Å². The standard InChI is InChI=1S/C18H22F4N6S2/c1-27-8-10(9-27)16-26-15(18(20,21)22)14(30-16)13-12(19)7-23-17(25-13)24-11-3-5-28(29-2)6-4-11/h7,10-11H,3-6,8-9H2,1-2H3,(H,23,24,25). The fourth-order valence-corrected chi connectivity index (χ4v) is 5.42. The van der Waals surface area contributed by atoms with Crippen molar-refractivity contribution in [3.63, 3.8) is 0 Å². The molecule has 2 fully saturated rings. The Labute approximate surface area is 180 Å². The molecule has 1 N–H and O–H groups in total. The van der Waals surface area contributed by atoms with Crippen LogP contribution >= 0.6 is 23.3 Å². The van der Waals surface area contributed by atoms with Gasteiger partial charge < -0.3 is 10.2 Å². The number of alkyl halides is 3. The molecule has 0 amide bonds. The molecular weight excluding hydrogens is 440 g/mol. The zero-order chi connectivity index (χ0) is 21.5. The van der Waals surface area contributed by atoms with Gasteiger partial charge >= 0.3 is 6.18 Å². The Morgan fingerprint density at radius 2 is 1.90 bits per heavy atom. The van der Waals surface area contributed by atoms with Gasteiger partial charge in [-0.05, 0) is 26.1 Å². The zero-order valence-electron chi connectivity index (χ0n) is 16.5. The third kappa shape index (κ3) is 4.56. The van der Waals surface area contributed by atoms with Gasteiger partial charge in [-0.1, -0.05) is 11.9 Å². The van der Waals surface area contributed by atoms with Crippen molar-refractivity contribution in [2.75, 3.05) is 44.8 Å². The molecule has 0 saturated carbocycles. The van der Waals surface area contributed by atoms with Gasteiger partial charge in [-0.2, -0.15) is 13.2 Å². The number of thiazole rings is 1. The molecule has 6 nitrogen and oxygen atoms in total. The first-order valence-corrected chi connectivity index (χ1v) is 11.6. The molecule has 2 saturated heterocycles. The molecule has 0 radical (unpaired) electrons. The summed E-state index contributed by atoms with van der Waals surface area (Å²) in [6, 6.07) is 0.0938. The quantitative estimate of drug-likeness (QED) is 0.534. The number of anilines is 1. The Hall–Kier alpha value is -1.50. The molecule has 2 aromatic rings. The summed E-state index contributed by atoms with van der Waals surface area (Å²) >= 11 is 2.55. The Morgan fingerprint density at radius 3 is 2.50 bits per heavy atom. The van der Waals surface area contributed by atoms with Crippen LogP contribution in [0, 0.1) is 5.82 Å². The first kappa shape index (κ1) is 21.7.